The Labute approximate surface area is 414 Å². The third-order valence-corrected chi connectivity index (χ3v) is 13.9. The lowest BCUT2D eigenvalue weighted by Gasteiger charge is -2.10. The van der Waals surface area contributed by atoms with Crippen molar-refractivity contribution in [3.8, 4) is 0 Å². The largest absolute Gasteiger partial charge is 0.416 e. The minimum Gasteiger partial charge on any atom is -0.294 e. The van der Waals surface area contributed by atoms with Crippen molar-refractivity contribution in [2.24, 2.45) is 4.99 Å². The van der Waals surface area contributed by atoms with E-state index in [9.17, 15) is 61.5 Å². The summed E-state index contributed by atoms with van der Waals surface area (Å²) in [6, 6.07) is 24.7. The zero-order chi connectivity index (χ0) is 52.2. The van der Waals surface area contributed by atoms with E-state index in [0.717, 1.165) is 64.9 Å². The van der Waals surface area contributed by atoms with E-state index in [4.69, 9.17) is 33.9 Å². The van der Waals surface area contributed by atoms with E-state index in [1.54, 1.807) is 6.08 Å². The van der Waals surface area contributed by atoms with Gasteiger partial charge in [0, 0.05) is 34.5 Å². The first-order chi connectivity index (χ1) is 33.2. The Morgan fingerprint density at radius 1 is 0.648 bits per heavy atom. The molecule has 71 heavy (non-hydrogen) atoms. The van der Waals surface area contributed by atoms with Gasteiger partial charge in [0.1, 0.15) is 11.6 Å². The zero-order valence-corrected chi connectivity index (χ0v) is 39.9. The van der Waals surface area contributed by atoms with Gasteiger partial charge in [-0.15, -0.1) is 0 Å². The second-order valence-corrected chi connectivity index (χ2v) is 20.2. The summed E-state index contributed by atoms with van der Waals surface area (Å²) in [5.41, 5.74) is 1.76. The molecule has 0 bridgehead atoms. The first-order valence-corrected chi connectivity index (χ1v) is 24.7. The number of aliphatic imine (C=N–C) groups is 1. The second-order valence-electron chi connectivity index (χ2n) is 15.1. The number of ketones is 2. The SMILES string of the molecule is C=CC1=NCc2cc(CC(=O)c3c(F)cccc3Cl)ccc21.C=Cc1nn(S(=O)(=O)c2cccc(C(F)(F)F)c2)c2cc(CC(=O)c3c(F)cccc3Cl)ccc12.O=S(=O)(Cl)c1cccc(C(F)(F)F)c1. The average Bonchev–Trinajstić information content (AvgIpc) is 3.89. The highest BCUT2D eigenvalue weighted by molar-refractivity contribution is 8.13. The van der Waals surface area contributed by atoms with Gasteiger partial charge in [-0.1, -0.05) is 91.0 Å². The van der Waals surface area contributed by atoms with Gasteiger partial charge < -0.3 is 0 Å². The molecule has 6 aromatic carbocycles. The van der Waals surface area contributed by atoms with Crippen LogP contribution in [-0.2, 0) is 50.8 Å². The first kappa shape index (κ1) is 53.8. The van der Waals surface area contributed by atoms with Gasteiger partial charge >= 0.3 is 12.4 Å². The van der Waals surface area contributed by atoms with Crippen molar-refractivity contribution in [2.75, 3.05) is 0 Å². The fraction of sp³-hybridized carbons (Fsp3) is 0.102. The molecular formula is C49H32Cl3F8N3O6S2. The molecule has 0 N–H and O–H groups in total. The topological polar surface area (TPSA) is 133 Å². The molecule has 0 saturated heterocycles. The summed E-state index contributed by atoms with van der Waals surface area (Å²) in [7, 11) is -3.78. The number of halogens is 11. The van der Waals surface area contributed by atoms with Crippen LogP contribution >= 0.6 is 33.9 Å². The normalized spacial score (nSPS) is 12.5. The van der Waals surface area contributed by atoms with Crippen LogP contribution in [0, 0.1) is 11.6 Å². The van der Waals surface area contributed by atoms with E-state index in [1.165, 1.54) is 54.6 Å². The molecule has 8 rings (SSSR count). The molecule has 0 unspecified atom stereocenters. The van der Waals surface area contributed by atoms with Crippen molar-refractivity contribution in [1.29, 1.82) is 0 Å². The molecule has 368 valence electrons. The van der Waals surface area contributed by atoms with Gasteiger partial charge in [0.05, 0.1) is 65.6 Å². The molecule has 0 saturated carbocycles. The Morgan fingerprint density at radius 2 is 1.14 bits per heavy atom. The van der Waals surface area contributed by atoms with Gasteiger partial charge in [0.15, 0.2) is 11.6 Å². The van der Waals surface area contributed by atoms with E-state index in [-0.39, 0.29) is 51.0 Å². The maximum Gasteiger partial charge on any atom is 0.416 e. The van der Waals surface area contributed by atoms with Crippen LogP contribution in [0.3, 0.4) is 0 Å². The molecule has 0 radical (unpaired) electrons. The van der Waals surface area contributed by atoms with Crippen LogP contribution in [-0.4, -0.2) is 43.3 Å². The molecule has 2 heterocycles. The first-order valence-electron chi connectivity index (χ1n) is 20.2. The number of hydrogen-bond acceptors (Lipinski definition) is 8. The number of carbonyl (C=O) groups excluding carboxylic acids is 2. The predicted octanol–water partition coefficient (Wildman–Crippen LogP) is 13.2. The highest BCUT2D eigenvalue weighted by Crippen LogP contribution is 2.34. The quantitative estimate of drug-likeness (QED) is 0.0716. The second kappa shape index (κ2) is 21.5. The fourth-order valence-corrected chi connectivity index (χ4v) is 9.67. The Bertz CT molecular complexity index is 3480. The number of Topliss-reactive ketones (excluding diaryl/α,β-unsaturated/α-hetero) is 2. The zero-order valence-electron chi connectivity index (χ0n) is 36.0. The molecule has 0 aliphatic carbocycles. The van der Waals surface area contributed by atoms with Crippen molar-refractivity contribution >= 4 is 87.2 Å². The highest BCUT2D eigenvalue weighted by Gasteiger charge is 2.33. The Hall–Kier alpha value is -6.51. The van der Waals surface area contributed by atoms with E-state index in [2.05, 4.69) is 23.2 Å². The van der Waals surface area contributed by atoms with Crippen LogP contribution in [0.5, 0.6) is 0 Å². The number of hydrogen-bond donors (Lipinski definition) is 0. The predicted molar refractivity (Wildman–Crippen MR) is 254 cm³/mol. The number of alkyl halides is 6. The van der Waals surface area contributed by atoms with Crippen molar-refractivity contribution in [1.82, 2.24) is 9.19 Å². The lowest BCUT2D eigenvalue weighted by Crippen LogP contribution is -2.16. The van der Waals surface area contributed by atoms with Gasteiger partial charge in [0.2, 0.25) is 0 Å². The van der Waals surface area contributed by atoms with Crippen LogP contribution in [0.2, 0.25) is 10.0 Å². The lowest BCUT2D eigenvalue weighted by atomic mass is 9.97. The average molecular weight is 1080 g/mol. The number of aromatic nitrogens is 2. The van der Waals surface area contributed by atoms with Crippen molar-refractivity contribution in [3.05, 3.63) is 212 Å². The lowest BCUT2D eigenvalue weighted by molar-refractivity contribution is -0.138. The summed E-state index contributed by atoms with van der Waals surface area (Å²) in [5, 5.41) is 4.44. The van der Waals surface area contributed by atoms with Crippen LogP contribution in [0.25, 0.3) is 17.0 Å². The van der Waals surface area contributed by atoms with Crippen LogP contribution < -0.4 is 0 Å². The summed E-state index contributed by atoms with van der Waals surface area (Å²) < 4.78 is 152. The number of fused-ring (bicyclic) bond motifs is 2. The molecule has 0 spiro atoms. The molecule has 0 amide bonds. The van der Waals surface area contributed by atoms with Crippen LogP contribution in [0.4, 0.5) is 35.1 Å². The van der Waals surface area contributed by atoms with Gasteiger partial charge in [-0.25, -0.2) is 17.2 Å². The molecule has 0 atom stereocenters. The third kappa shape index (κ3) is 12.5. The maximum absolute atomic E-state index is 14.1. The molecule has 1 aliphatic heterocycles. The Kier molecular flexibility index (Phi) is 16.3. The summed E-state index contributed by atoms with van der Waals surface area (Å²) in [5.74, 6) is -2.35. The Balaban J connectivity index is 0.000000194. The van der Waals surface area contributed by atoms with Crippen molar-refractivity contribution in [2.45, 2.75) is 41.5 Å². The van der Waals surface area contributed by atoms with E-state index in [0.29, 0.717) is 33.7 Å². The summed E-state index contributed by atoms with van der Waals surface area (Å²) in [6.45, 7) is 7.91. The van der Waals surface area contributed by atoms with Gasteiger partial charge in [-0.3, -0.25) is 14.6 Å². The number of rotatable bonds is 11. The van der Waals surface area contributed by atoms with Crippen LogP contribution in [0.1, 0.15) is 59.8 Å². The molecule has 22 heteroatoms. The minimum atomic E-state index is -4.74. The van der Waals surface area contributed by atoms with Gasteiger partial charge in [-0.2, -0.15) is 43.9 Å². The highest BCUT2D eigenvalue weighted by atomic mass is 35.7. The van der Waals surface area contributed by atoms with E-state index in [1.807, 2.05) is 18.2 Å². The number of carbonyl (C=O) groups is 2. The number of allylic oxidation sites excluding steroid dienone is 1. The summed E-state index contributed by atoms with van der Waals surface area (Å²) >= 11 is 11.9. The van der Waals surface area contributed by atoms with Crippen molar-refractivity contribution < 1.29 is 61.5 Å². The minimum absolute atomic E-state index is 0.0160. The van der Waals surface area contributed by atoms with Crippen molar-refractivity contribution in [3.63, 3.8) is 0 Å². The molecule has 1 aliphatic rings. The maximum atomic E-state index is 14.1. The molecule has 1 aromatic heterocycles. The summed E-state index contributed by atoms with van der Waals surface area (Å²) in [6.07, 6.45) is -6.50. The van der Waals surface area contributed by atoms with Gasteiger partial charge in [-0.05, 0) is 95.6 Å². The van der Waals surface area contributed by atoms with Crippen LogP contribution in [0.15, 0.2) is 155 Å². The molecular weight excluding hydrogens is 1050 g/mol. The summed E-state index contributed by atoms with van der Waals surface area (Å²) in [4.78, 5) is 28.2. The fourth-order valence-electron chi connectivity index (χ4n) is 7.00. The monoisotopic (exact) mass is 1080 g/mol. The third-order valence-electron chi connectivity index (χ3n) is 10.3. The Morgan fingerprint density at radius 3 is 1.63 bits per heavy atom. The van der Waals surface area contributed by atoms with E-state index >= 15 is 0 Å². The smallest absolute Gasteiger partial charge is 0.294 e. The molecule has 7 aromatic rings. The molecule has 0 fully saturated rings. The molecule has 9 nitrogen and oxygen atoms in total. The van der Waals surface area contributed by atoms with Gasteiger partial charge in [0.25, 0.3) is 19.1 Å². The van der Waals surface area contributed by atoms with E-state index < -0.39 is 69.8 Å². The number of benzene rings is 6. The standard InChI is InChI=1S/C24H15ClF4N2O3S.C18H13ClFNO.C7H4ClF3O2S/c1-2-20-17-10-9-14(12-22(32)23-18(25)7-4-8-19(23)26)11-21(17)31(30-20)35(33,34)16-6-3-5-15(13-16)24(27,28)29;1-2-16-13-7-6-11(8-12(13)10-21-16)9-17(22)18-14(19)4-3-5-15(18)20;8-14(12,13)6-3-1-2-5(4-6)7(9,10)11/h2-11,13H,1,12H2;2-8H,1,9-10H2;1-4H. The number of nitrogens with zero attached hydrogens (tertiary/aromatic N) is 3.